The molecular formula is C27H37N5O2. The van der Waals surface area contributed by atoms with Gasteiger partial charge in [-0.15, -0.1) is 0 Å². The van der Waals surface area contributed by atoms with Gasteiger partial charge < -0.3 is 14.5 Å². The van der Waals surface area contributed by atoms with E-state index in [1.165, 1.54) is 16.8 Å². The number of fused-ring (bicyclic) bond motifs is 1. The molecule has 0 atom stereocenters. The summed E-state index contributed by atoms with van der Waals surface area (Å²) in [7, 11) is 1.68. The predicted molar refractivity (Wildman–Crippen MR) is 137 cm³/mol. The Bertz CT molecular complexity index is 1180. The van der Waals surface area contributed by atoms with Gasteiger partial charge in [-0.3, -0.25) is 4.79 Å². The number of nitrogens with zero attached hydrogens (tertiary/aromatic N) is 5. The normalized spacial score (nSPS) is 14.7. The molecule has 0 unspecified atom stereocenters. The molecule has 1 saturated heterocycles. The lowest BCUT2D eigenvalue weighted by Gasteiger charge is -2.36. The first-order valence-corrected chi connectivity index (χ1v) is 12.1. The lowest BCUT2D eigenvalue weighted by molar-refractivity contribution is -0.131. The molecule has 182 valence electrons. The molecule has 0 aliphatic carbocycles. The highest BCUT2D eigenvalue weighted by molar-refractivity contribution is 5.84. The Labute approximate surface area is 202 Å². The summed E-state index contributed by atoms with van der Waals surface area (Å²) in [5.74, 6) is 1.08. The summed E-state index contributed by atoms with van der Waals surface area (Å²) in [6.07, 6.45) is 1.21. The molecule has 2 aromatic heterocycles. The first-order valence-electron chi connectivity index (χ1n) is 12.1. The molecule has 0 radical (unpaired) electrons. The Kier molecular flexibility index (Phi) is 6.56. The van der Waals surface area contributed by atoms with Crippen LogP contribution in [0.3, 0.4) is 0 Å². The predicted octanol–water partition coefficient (Wildman–Crippen LogP) is 4.40. The van der Waals surface area contributed by atoms with Crippen LogP contribution in [0.5, 0.6) is 5.75 Å². The lowest BCUT2D eigenvalue weighted by Crippen LogP contribution is -2.48. The summed E-state index contributed by atoms with van der Waals surface area (Å²) in [6.45, 7) is 15.9. The number of methoxy groups -OCH3 is 1. The number of piperazine rings is 1. The number of amides is 1. The third kappa shape index (κ3) is 4.61. The number of anilines is 1. The molecule has 0 bridgehead atoms. The number of aryl methyl sites for hydroxylation is 3. The fourth-order valence-electron chi connectivity index (χ4n) is 4.94. The second-order valence-electron chi connectivity index (χ2n) is 10.2. The van der Waals surface area contributed by atoms with Crippen molar-refractivity contribution in [3.63, 3.8) is 0 Å². The van der Waals surface area contributed by atoms with Crippen LogP contribution in [-0.4, -0.2) is 58.9 Å². The van der Waals surface area contributed by atoms with Crippen molar-refractivity contribution in [3.05, 3.63) is 46.8 Å². The molecule has 0 saturated carbocycles. The van der Waals surface area contributed by atoms with Crippen LogP contribution in [-0.2, 0) is 16.8 Å². The highest BCUT2D eigenvalue weighted by atomic mass is 16.5. The number of pyridine rings is 1. The van der Waals surface area contributed by atoms with Gasteiger partial charge in [0, 0.05) is 49.4 Å². The highest BCUT2D eigenvalue weighted by Gasteiger charge is 2.25. The van der Waals surface area contributed by atoms with E-state index in [9.17, 15) is 4.79 Å². The fraction of sp³-hybridized carbons (Fsp3) is 0.519. The number of hydrogen-bond acceptors (Lipinski definition) is 5. The number of carbonyl (C=O) groups is 1. The summed E-state index contributed by atoms with van der Waals surface area (Å²) >= 11 is 0. The Balaban J connectivity index is 1.42. The number of ether oxygens (including phenoxy) is 1. The molecule has 3 heterocycles. The van der Waals surface area contributed by atoms with Gasteiger partial charge in [-0.25, -0.2) is 9.67 Å². The number of rotatable bonds is 5. The van der Waals surface area contributed by atoms with Gasteiger partial charge in [-0.05, 0) is 83.4 Å². The first-order chi connectivity index (χ1) is 16.1. The van der Waals surface area contributed by atoms with Crippen LogP contribution in [0.15, 0.2) is 24.3 Å². The monoisotopic (exact) mass is 463 g/mol. The highest BCUT2D eigenvalue weighted by Crippen LogP contribution is 2.30. The van der Waals surface area contributed by atoms with Gasteiger partial charge in [0.15, 0.2) is 5.65 Å². The van der Waals surface area contributed by atoms with Crippen LogP contribution in [0.1, 0.15) is 49.7 Å². The Morgan fingerprint density at radius 3 is 2.24 bits per heavy atom. The molecule has 34 heavy (non-hydrogen) atoms. The third-order valence-corrected chi connectivity index (χ3v) is 6.87. The molecule has 0 spiro atoms. The van der Waals surface area contributed by atoms with Crippen LogP contribution >= 0.6 is 0 Å². The van der Waals surface area contributed by atoms with Crippen LogP contribution in [0.2, 0.25) is 0 Å². The van der Waals surface area contributed by atoms with Crippen molar-refractivity contribution in [3.8, 4) is 5.75 Å². The van der Waals surface area contributed by atoms with Crippen molar-refractivity contribution in [2.45, 2.75) is 59.9 Å². The molecule has 3 aromatic rings. The maximum Gasteiger partial charge on any atom is 0.223 e. The van der Waals surface area contributed by atoms with E-state index in [1.54, 1.807) is 7.11 Å². The Hall–Kier alpha value is -3.09. The molecule has 1 fully saturated rings. The molecule has 1 aliphatic rings. The number of benzene rings is 1. The van der Waals surface area contributed by atoms with Gasteiger partial charge in [0.05, 0.1) is 18.3 Å². The van der Waals surface area contributed by atoms with Crippen LogP contribution in [0, 0.1) is 20.8 Å². The smallest absolute Gasteiger partial charge is 0.223 e. The maximum atomic E-state index is 13.0. The van der Waals surface area contributed by atoms with E-state index in [0.717, 1.165) is 54.3 Å². The van der Waals surface area contributed by atoms with E-state index >= 15 is 0 Å². The summed E-state index contributed by atoms with van der Waals surface area (Å²) in [5.41, 5.74) is 6.34. The van der Waals surface area contributed by atoms with Crippen molar-refractivity contribution < 1.29 is 9.53 Å². The molecule has 7 heteroatoms. The minimum atomic E-state index is -0.135. The molecular weight excluding hydrogens is 426 g/mol. The summed E-state index contributed by atoms with van der Waals surface area (Å²) < 4.78 is 7.27. The Morgan fingerprint density at radius 2 is 1.65 bits per heavy atom. The minimum absolute atomic E-state index is 0.135. The summed E-state index contributed by atoms with van der Waals surface area (Å²) in [6, 6.07) is 8.12. The minimum Gasteiger partial charge on any atom is -0.497 e. The van der Waals surface area contributed by atoms with Gasteiger partial charge in [-0.2, -0.15) is 5.10 Å². The molecule has 4 rings (SSSR count). The SMILES string of the molecule is COc1ccc(N2CCN(C(=O)CCc3c(C)nc4c(c(C)nn4C(C)(C)C)c3C)CC2)cc1. The zero-order chi connectivity index (χ0) is 24.6. The van der Waals surface area contributed by atoms with Crippen LogP contribution in [0.25, 0.3) is 11.0 Å². The van der Waals surface area contributed by atoms with Crippen molar-refractivity contribution in [2.75, 3.05) is 38.2 Å². The van der Waals surface area contributed by atoms with Gasteiger partial charge in [0.25, 0.3) is 0 Å². The molecule has 1 aromatic carbocycles. The first kappa shape index (κ1) is 24.0. The quantitative estimate of drug-likeness (QED) is 0.561. The molecule has 7 nitrogen and oxygen atoms in total. The lowest BCUT2D eigenvalue weighted by atomic mass is 9.98. The van der Waals surface area contributed by atoms with E-state index in [4.69, 9.17) is 14.8 Å². The van der Waals surface area contributed by atoms with Gasteiger partial charge in [-0.1, -0.05) is 0 Å². The van der Waals surface area contributed by atoms with Crippen molar-refractivity contribution in [2.24, 2.45) is 0 Å². The van der Waals surface area contributed by atoms with Gasteiger partial charge in [0.2, 0.25) is 5.91 Å². The van der Waals surface area contributed by atoms with E-state index in [2.05, 4.69) is 51.7 Å². The van der Waals surface area contributed by atoms with E-state index < -0.39 is 0 Å². The molecule has 0 N–H and O–H groups in total. The van der Waals surface area contributed by atoms with Crippen molar-refractivity contribution in [1.82, 2.24) is 19.7 Å². The van der Waals surface area contributed by atoms with Gasteiger partial charge in [0.1, 0.15) is 5.75 Å². The number of aromatic nitrogens is 3. The second kappa shape index (κ2) is 9.28. The Morgan fingerprint density at radius 1 is 1.00 bits per heavy atom. The largest absolute Gasteiger partial charge is 0.497 e. The standard InChI is InChI=1S/C27H37N5O2/c1-18-23(19(2)28-26-25(18)20(3)29-32(26)27(4,5)6)12-13-24(33)31-16-14-30(15-17-31)21-8-10-22(34-7)11-9-21/h8-11H,12-17H2,1-7H3. The third-order valence-electron chi connectivity index (χ3n) is 6.87. The van der Waals surface area contributed by atoms with Gasteiger partial charge >= 0.3 is 0 Å². The van der Waals surface area contributed by atoms with E-state index in [-0.39, 0.29) is 11.4 Å². The zero-order valence-corrected chi connectivity index (χ0v) is 21.6. The average Bonchev–Trinajstić information content (AvgIpc) is 3.15. The number of hydrogen-bond donors (Lipinski definition) is 0. The maximum absolute atomic E-state index is 13.0. The van der Waals surface area contributed by atoms with Crippen molar-refractivity contribution in [1.29, 1.82) is 0 Å². The zero-order valence-electron chi connectivity index (χ0n) is 21.6. The molecule has 1 amide bonds. The van der Waals surface area contributed by atoms with Crippen molar-refractivity contribution >= 4 is 22.6 Å². The summed E-state index contributed by atoms with van der Waals surface area (Å²) in [5, 5.41) is 5.90. The van der Waals surface area contributed by atoms with E-state index in [1.807, 2.05) is 28.6 Å². The average molecular weight is 464 g/mol. The summed E-state index contributed by atoms with van der Waals surface area (Å²) in [4.78, 5) is 22.3. The number of carbonyl (C=O) groups excluding carboxylic acids is 1. The van der Waals surface area contributed by atoms with Crippen LogP contribution in [0.4, 0.5) is 5.69 Å². The second-order valence-corrected chi connectivity index (χ2v) is 10.2. The molecule has 1 aliphatic heterocycles. The fourth-order valence-corrected chi connectivity index (χ4v) is 4.94. The van der Waals surface area contributed by atoms with Crippen LogP contribution < -0.4 is 9.64 Å². The topological polar surface area (TPSA) is 63.5 Å². The van der Waals surface area contributed by atoms with E-state index in [0.29, 0.717) is 12.8 Å².